The highest BCUT2D eigenvalue weighted by Gasteiger charge is 2.25. The minimum Gasteiger partial charge on any atom is -0.490 e. The predicted octanol–water partition coefficient (Wildman–Crippen LogP) is 4.30. The van der Waals surface area contributed by atoms with E-state index in [1.807, 2.05) is 30.1 Å². The molecule has 1 unspecified atom stereocenters. The zero-order valence-corrected chi connectivity index (χ0v) is 18.7. The number of benzene rings is 2. The molecule has 0 N–H and O–H groups in total. The monoisotopic (exact) mass is 446 g/mol. The van der Waals surface area contributed by atoms with Gasteiger partial charge in [-0.2, -0.15) is 5.10 Å². The van der Waals surface area contributed by atoms with Gasteiger partial charge in [-0.05, 0) is 35.9 Å². The maximum atomic E-state index is 13.8. The van der Waals surface area contributed by atoms with E-state index in [0.29, 0.717) is 19.6 Å². The van der Waals surface area contributed by atoms with Crippen molar-refractivity contribution in [2.24, 2.45) is 7.05 Å². The highest BCUT2D eigenvalue weighted by molar-refractivity contribution is 5.81. The van der Waals surface area contributed by atoms with E-state index in [9.17, 15) is 4.39 Å². The van der Waals surface area contributed by atoms with Crippen molar-refractivity contribution in [2.45, 2.75) is 19.1 Å². The summed E-state index contributed by atoms with van der Waals surface area (Å²) in [6.07, 6.45) is 2.43. The van der Waals surface area contributed by atoms with E-state index in [-0.39, 0.29) is 17.7 Å². The van der Waals surface area contributed by atoms with Crippen LogP contribution in [-0.2, 0) is 24.8 Å². The lowest BCUT2D eigenvalue weighted by molar-refractivity contribution is -0.0350. The first-order chi connectivity index (χ1) is 16.2. The molecule has 1 fully saturated rings. The number of para-hydroxylation sites is 2. The van der Waals surface area contributed by atoms with Gasteiger partial charge >= 0.3 is 0 Å². The van der Waals surface area contributed by atoms with Crippen LogP contribution in [0.3, 0.4) is 0 Å². The Bertz CT molecular complexity index is 1240. The van der Waals surface area contributed by atoms with Crippen molar-refractivity contribution in [3.8, 4) is 5.75 Å². The second-order valence-corrected chi connectivity index (χ2v) is 8.29. The summed E-state index contributed by atoms with van der Waals surface area (Å²) in [6.45, 7) is 3.55. The third-order valence-electron chi connectivity index (χ3n) is 6.06. The van der Waals surface area contributed by atoms with E-state index in [1.165, 1.54) is 17.0 Å². The molecule has 2 aromatic heterocycles. The Kier molecular flexibility index (Phi) is 6.32. The number of fused-ring (bicyclic) bond motifs is 1. The Morgan fingerprint density at radius 1 is 1.12 bits per heavy atom. The number of hydrogen-bond acceptors (Lipinski definition) is 5. The second kappa shape index (κ2) is 9.68. The van der Waals surface area contributed by atoms with Crippen LogP contribution in [0.1, 0.15) is 23.1 Å². The Balaban J connectivity index is 1.23. The lowest BCUT2D eigenvalue weighted by Gasteiger charge is -2.32. The van der Waals surface area contributed by atoms with Crippen molar-refractivity contribution < 1.29 is 13.9 Å². The Hall–Kier alpha value is -3.29. The third kappa shape index (κ3) is 4.89. The van der Waals surface area contributed by atoms with Gasteiger partial charge in [0.15, 0.2) is 11.6 Å². The van der Waals surface area contributed by atoms with Gasteiger partial charge in [0.05, 0.1) is 24.4 Å². The summed E-state index contributed by atoms with van der Waals surface area (Å²) in [5.74, 6) is -0.0735. The summed E-state index contributed by atoms with van der Waals surface area (Å²) in [5.41, 5.74) is 4.24. The first-order valence-corrected chi connectivity index (χ1v) is 11.2. The molecule has 0 saturated carbocycles. The van der Waals surface area contributed by atoms with E-state index < -0.39 is 0 Å². The number of hydrogen-bond donors (Lipinski definition) is 0. The first kappa shape index (κ1) is 21.6. The van der Waals surface area contributed by atoms with Crippen LogP contribution in [0.4, 0.5) is 4.39 Å². The lowest BCUT2D eigenvalue weighted by atomic mass is 10.1. The number of rotatable bonds is 7. The fourth-order valence-electron chi connectivity index (χ4n) is 4.31. The van der Waals surface area contributed by atoms with Gasteiger partial charge in [-0.25, -0.2) is 4.39 Å². The van der Waals surface area contributed by atoms with Gasteiger partial charge in [0.2, 0.25) is 0 Å². The summed E-state index contributed by atoms with van der Waals surface area (Å²) in [4.78, 5) is 6.88. The first-order valence-electron chi connectivity index (χ1n) is 11.2. The summed E-state index contributed by atoms with van der Waals surface area (Å²) in [6, 6.07) is 18.9. The molecule has 7 heteroatoms. The van der Waals surface area contributed by atoms with Crippen LogP contribution in [0.5, 0.6) is 5.75 Å². The van der Waals surface area contributed by atoms with Gasteiger partial charge < -0.3 is 9.47 Å². The predicted molar refractivity (Wildman–Crippen MR) is 125 cm³/mol. The summed E-state index contributed by atoms with van der Waals surface area (Å²) in [7, 11) is 1.92. The summed E-state index contributed by atoms with van der Waals surface area (Å²) < 4.78 is 27.3. The zero-order chi connectivity index (χ0) is 22.6. The topological polar surface area (TPSA) is 52.4 Å². The van der Waals surface area contributed by atoms with Gasteiger partial charge in [0.25, 0.3) is 0 Å². The molecule has 0 radical (unpaired) electrons. The fraction of sp³-hybridized carbons (Fsp3) is 0.308. The molecule has 0 amide bonds. The van der Waals surface area contributed by atoms with E-state index in [2.05, 4.69) is 34.1 Å². The second-order valence-electron chi connectivity index (χ2n) is 8.29. The number of morpholine rings is 1. The number of halogens is 1. The molecule has 6 nitrogen and oxygen atoms in total. The van der Waals surface area contributed by atoms with Crippen LogP contribution in [-0.4, -0.2) is 46.0 Å². The molecule has 5 rings (SSSR count). The van der Waals surface area contributed by atoms with E-state index >= 15 is 0 Å². The number of aryl methyl sites for hydroxylation is 1. The van der Waals surface area contributed by atoms with Gasteiger partial charge in [0.1, 0.15) is 6.10 Å². The molecule has 0 spiro atoms. The number of nitrogens with zero attached hydrogens (tertiary/aromatic N) is 4. The van der Waals surface area contributed by atoms with Crippen LogP contribution in [0.2, 0.25) is 0 Å². The van der Waals surface area contributed by atoms with Crippen LogP contribution in [0, 0.1) is 5.82 Å². The summed E-state index contributed by atoms with van der Waals surface area (Å²) in [5, 5.41) is 5.89. The average Bonchev–Trinajstić information content (AvgIpc) is 3.21. The largest absolute Gasteiger partial charge is 0.490 e. The maximum Gasteiger partial charge on any atom is 0.165 e. The third-order valence-corrected chi connectivity index (χ3v) is 6.06. The van der Waals surface area contributed by atoms with E-state index in [1.54, 1.807) is 18.2 Å². The quantitative estimate of drug-likeness (QED) is 0.424. The molecule has 3 heterocycles. The van der Waals surface area contributed by atoms with Crippen LogP contribution < -0.4 is 4.74 Å². The molecule has 1 aliphatic heterocycles. The molecular weight excluding hydrogens is 419 g/mol. The van der Waals surface area contributed by atoms with Crippen LogP contribution in [0.25, 0.3) is 10.9 Å². The van der Waals surface area contributed by atoms with Gasteiger partial charge in [-0.15, -0.1) is 0 Å². The van der Waals surface area contributed by atoms with Crippen molar-refractivity contribution in [1.29, 1.82) is 0 Å². The molecule has 170 valence electrons. The van der Waals surface area contributed by atoms with Crippen molar-refractivity contribution in [3.05, 3.63) is 89.6 Å². The molecule has 1 atom stereocenters. The fourth-order valence-corrected chi connectivity index (χ4v) is 4.31. The van der Waals surface area contributed by atoms with E-state index in [0.717, 1.165) is 36.5 Å². The van der Waals surface area contributed by atoms with Crippen molar-refractivity contribution in [1.82, 2.24) is 19.7 Å². The highest BCUT2D eigenvalue weighted by atomic mass is 19.1. The molecule has 1 aliphatic rings. The van der Waals surface area contributed by atoms with Crippen LogP contribution in [0.15, 0.2) is 66.9 Å². The molecule has 1 saturated heterocycles. The normalized spacial score (nSPS) is 16.8. The SMILES string of the molecule is Cn1nc(C2CN(Cc3ccnc4ccccc34)CCO2)cc1CCOc1ccccc1F. The van der Waals surface area contributed by atoms with Crippen molar-refractivity contribution in [3.63, 3.8) is 0 Å². The number of ether oxygens (including phenoxy) is 2. The Morgan fingerprint density at radius 2 is 1.97 bits per heavy atom. The zero-order valence-electron chi connectivity index (χ0n) is 18.7. The average molecular weight is 447 g/mol. The standard InChI is InChI=1S/C26H27FN4O2/c1-30-20(11-14-32-25-9-5-3-7-22(25)27)16-24(29-30)26-18-31(13-15-33-26)17-19-10-12-28-23-8-4-2-6-21(19)23/h2-10,12,16,26H,11,13-15,17-18H2,1H3. The number of pyridine rings is 1. The van der Waals surface area contributed by atoms with E-state index in [4.69, 9.17) is 14.6 Å². The molecule has 0 aliphatic carbocycles. The Morgan fingerprint density at radius 3 is 2.88 bits per heavy atom. The van der Waals surface area contributed by atoms with Gasteiger partial charge in [-0.1, -0.05) is 30.3 Å². The molecule has 33 heavy (non-hydrogen) atoms. The number of aromatic nitrogens is 3. The minimum absolute atomic E-state index is 0.0840. The lowest BCUT2D eigenvalue weighted by Crippen LogP contribution is -2.38. The molecule has 2 aromatic carbocycles. The van der Waals surface area contributed by atoms with Crippen LogP contribution >= 0.6 is 0 Å². The smallest absolute Gasteiger partial charge is 0.165 e. The van der Waals surface area contributed by atoms with Gasteiger partial charge in [0, 0.05) is 50.4 Å². The van der Waals surface area contributed by atoms with Gasteiger partial charge in [-0.3, -0.25) is 14.6 Å². The Labute approximate surface area is 192 Å². The minimum atomic E-state index is -0.346. The highest BCUT2D eigenvalue weighted by Crippen LogP contribution is 2.25. The molecule has 0 bridgehead atoms. The summed E-state index contributed by atoms with van der Waals surface area (Å²) >= 11 is 0. The molecular formula is C26H27FN4O2. The maximum absolute atomic E-state index is 13.8. The molecule has 4 aromatic rings. The van der Waals surface area contributed by atoms with Crippen molar-refractivity contribution >= 4 is 10.9 Å². The van der Waals surface area contributed by atoms with Crippen molar-refractivity contribution in [2.75, 3.05) is 26.3 Å².